The Morgan fingerprint density at radius 1 is 1.32 bits per heavy atom. The number of carbonyl (C=O) groups excluding carboxylic acids is 2. The van der Waals surface area contributed by atoms with E-state index in [9.17, 15) is 9.59 Å². The van der Waals surface area contributed by atoms with Gasteiger partial charge < -0.3 is 25.1 Å². The largest absolute Gasteiger partial charge is 0.453 e. The third kappa shape index (κ3) is 7.27. The number of ether oxygens (including phenoxy) is 2. The van der Waals surface area contributed by atoms with Gasteiger partial charge in [0, 0.05) is 38.5 Å². The maximum Gasteiger partial charge on any atom is 0.411 e. The molecule has 0 spiro atoms. The van der Waals surface area contributed by atoms with E-state index in [4.69, 9.17) is 15.5 Å². The van der Waals surface area contributed by atoms with Crippen LogP contribution >= 0.6 is 0 Å². The van der Waals surface area contributed by atoms with Crippen molar-refractivity contribution in [3.05, 3.63) is 42.4 Å². The highest BCUT2D eigenvalue weighted by Crippen LogP contribution is 2.32. The number of nitrogens with two attached hydrogens (primary N) is 1. The molecule has 1 aromatic carbocycles. The summed E-state index contributed by atoms with van der Waals surface area (Å²) in [5.41, 5.74) is 8.94. The first-order valence-electron chi connectivity index (χ1n) is 11.5. The quantitative estimate of drug-likeness (QED) is 0.309. The number of carbonyl (C=O) groups is 2. The molecule has 0 aliphatic carbocycles. The van der Waals surface area contributed by atoms with Crippen LogP contribution in [0.1, 0.15) is 31.1 Å². The highest BCUT2D eigenvalue weighted by Gasteiger charge is 2.20. The summed E-state index contributed by atoms with van der Waals surface area (Å²) in [6.07, 6.45) is 6.82. The average molecular weight is 486 g/mol. The smallest absolute Gasteiger partial charge is 0.411 e. The molecular formula is C24H35N5O4Si. The van der Waals surface area contributed by atoms with E-state index in [0.29, 0.717) is 49.7 Å². The second kappa shape index (κ2) is 11.5. The monoisotopic (exact) mass is 485 g/mol. The van der Waals surface area contributed by atoms with Gasteiger partial charge in [-0.25, -0.2) is 9.78 Å². The van der Waals surface area contributed by atoms with Crippen LogP contribution in [0.2, 0.25) is 25.7 Å². The fourth-order valence-electron chi connectivity index (χ4n) is 3.51. The summed E-state index contributed by atoms with van der Waals surface area (Å²) in [6.45, 7) is 7.99. The number of rotatable bonds is 6. The van der Waals surface area contributed by atoms with E-state index in [1.807, 2.05) is 29.0 Å². The van der Waals surface area contributed by atoms with E-state index >= 15 is 0 Å². The van der Waals surface area contributed by atoms with E-state index in [0.717, 1.165) is 17.4 Å². The zero-order valence-corrected chi connectivity index (χ0v) is 21.4. The first-order valence-corrected chi connectivity index (χ1v) is 15.2. The van der Waals surface area contributed by atoms with Gasteiger partial charge in [-0.2, -0.15) is 0 Å². The average Bonchev–Trinajstić information content (AvgIpc) is 3.19. The molecule has 0 fully saturated rings. The molecule has 0 unspecified atom stereocenters. The van der Waals surface area contributed by atoms with Gasteiger partial charge in [-0.05, 0) is 37.1 Å². The molecule has 2 bridgehead atoms. The Hall–Kier alpha value is -2.95. The molecule has 0 radical (unpaired) electrons. The van der Waals surface area contributed by atoms with E-state index in [-0.39, 0.29) is 11.9 Å². The lowest BCUT2D eigenvalue weighted by molar-refractivity contribution is -0.116. The van der Waals surface area contributed by atoms with Crippen molar-refractivity contribution >= 4 is 31.4 Å². The summed E-state index contributed by atoms with van der Waals surface area (Å²) in [5.74, 6) is 0.597. The van der Waals surface area contributed by atoms with E-state index in [1.54, 1.807) is 12.1 Å². The number of methoxy groups -OCH3 is 1. The van der Waals surface area contributed by atoms with Crippen molar-refractivity contribution in [2.24, 2.45) is 5.73 Å². The summed E-state index contributed by atoms with van der Waals surface area (Å²) in [7, 11) is 0.101. The lowest BCUT2D eigenvalue weighted by Crippen LogP contribution is -2.22. The summed E-state index contributed by atoms with van der Waals surface area (Å²) >= 11 is 0. The molecule has 2 amide bonds. The van der Waals surface area contributed by atoms with Crippen molar-refractivity contribution in [2.75, 3.05) is 24.4 Å². The maximum atomic E-state index is 12.6. The Labute approximate surface area is 201 Å². The second-order valence-electron chi connectivity index (χ2n) is 9.58. The zero-order valence-electron chi connectivity index (χ0n) is 20.4. The number of allylic oxidation sites excluding steroid dienone is 1. The number of benzene rings is 1. The predicted molar refractivity (Wildman–Crippen MR) is 136 cm³/mol. The Bertz CT molecular complexity index is 1040. The Kier molecular flexibility index (Phi) is 8.65. The van der Waals surface area contributed by atoms with Gasteiger partial charge >= 0.3 is 6.09 Å². The van der Waals surface area contributed by atoms with Crippen molar-refractivity contribution in [1.82, 2.24) is 9.55 Å². The van der Waals surface area contributed by atoms with Gasteiger partial charge in [-0.15, -0.1) is 0 Å². The molecule has 1 atom stereocenters. The zero-order chi connectivity index (χ0) is 24.7. The van der Waals surface area contributed by atoms with Crippen LogP contribution in [-0.2, 0) is 21.0 Å². The van der Waals surface area contributed by atoms with Crippen LogP contribution in [0.15, 0.2) is 36.5 Å². The van der Waals surface area contributed by atoms with Crippen molar-refractivity contribution in [3.63, 3.8) is 0 Å². The van der Waals surface area contributed by atoms with Crippen LogP contribution in [0.3, 0.4) is 0 Å². The minimum atomic E-state index is -1.20. The molecule has 10 heteroatoms. The van der Waals surface area contributed by atoms with Crippen LogP contribution in [0.25, 0.3) is 11.3 Å². The molecule has 4 N–H and O–H groups in total. The van der Waals surface area contributed by atoms with Gasteiger partial charge in [-0.3, -0.25) is 10.1 Å². The summed E-state index contributed by atoms with van der Waals surface area (Å²) < 4.78 is 12.6. The highest BCUT2D eigenvalue weighted by molar-refractivity contribution is 6.76. The van der Waals surface area contributed by atoms with Gasteiger partial charge in [0.05, 0.1) is 24.5 Å². The van der Waals surface area contributed by atoms with Crippen molar-refractivity contribution < 1.29 is 19.1 Å². The molecule has 3 rings (SSSR count). The number of anilines is 2. The van der Waals surface area contributed by atoms with Gasteiger partial charge in [0.1, 0.15) is 12.6 Å². The van der Waals surface area contributed by atoms with Gasteiger partial charge in [0.15, 0.2) is 0 Å². The van der Waals surface area contributed by atoms with Crippen molar-refractivity contribution in [2.45, 2.75) is 57.7 Å². The minimum absolute atomic E-state index is 0.126. The lowest BCUT2D eigenvalue weighted by Gasteiger charge is -2.17. The highest BCUT2D eigenvalue weighted by atomic mass is 28.3. The summed E-state index contributed by atoms with van der Waals surface area (Å²) in [5, 5.41) is 5.59. The van der Waals surface area contributed by atoms with Gasteiger partial charge in [0.25, 0.3) is 0 Å². The summed E-state index contributed by atoms with van der Waals surface area (Å²) in [6, 6.07) is 6.02. The number of nitrogens with zero attached hydrogens (tertiary/aromatic N) is 2. The third-order valence-corrected chi connectivity index (χ3v) is 7.17. The van der Waals surface area contributed by atoms with Crippen LogP contribution < -0.4 is 16.4 Å². The van der Waals surface area contributed by atoms with E-state index in [1.165, 1.54) is 7.11 Å². The topological polar surface area (TPSA) is 121 Å². The Balaban J connectivity index is 1.96. The number of fused-ring (bicyclic) bond motifs is 4. The third-order valence-electron chi connectivity index (χ3n) is 5.46. The van der Waals surface area contributed by atoms with Gasteiger partial charge in [-0.1, -0.05) is 31.8 Å². The SMILES string of the molecule is COC(=O)Nc1ccc2c(c1)NC(=O)CC/C=C/C[C@H](N)c1nc-2cn1COCC[Si](C)(C)C. The molecule has 2 aromatic rings. The van der Waals surface area contributed by atoms with Crippen LogP contribution in [0.5, 0.6) is 0 Å². The van der Waals surface area contributed by atoms with Gasteiger partial charge in [0.2, 0.25) is 5.91 Å². The van der Waals surface area contributed by atoms with E-state index < -0.39 is 14.2 Å². The van der Waals surface area contributed by atoms with Crippen molar-refractivity contribution in [3.8, 4) is 11.3 Å². The number of imidazole rings is 1. The lowest BCUT2D eigenvalue weighted by atomic mass is 10.1. The van der Waals surface area contributed by atoms with Crippen LogP contribution in [-0.4, -0.2) is 43.3 Å². The van der Waals surface area contributed by atoms with Crippen LogP contribution in [0, 0.1) is 0 Å². The second-order valence-corrected chi connectivity index (χ2v) is 15.2. The number of hydrogen-bond donors (Lipinski definition) is 3. The van der Waals surface area contributed by atoms with Crippen LogP contribution in [0.4, 0.5) is 16.2 Å². The summed E-state index contributed by atoms with van der Waals surface area (Å²) in [4.78, 5) is 29.0. The number of nitrogens with one attached hydrogen (secondary N) is 2. The molecule has 1 aliphatic rings. The molecule has 1 aliphatic heterocycles. The first-order chi connectivity index (χ1) is 16.2. The molecule has 9 nitrogen and oxygen atoms in total. The fraction of sp³-hybridized carbons (Fsp3) is 0.458. The fourth-order valence-corrected chi connectivity index (χ4v) is 4.27. The standard InChI is InChI=1S/C24H35N5O4Si/c1-32-24(31)26-17-10-11-18-20(14-17)27-22(30)9-7-5-6-8-19(25)23-28-21(18)15-29(23)16-33-12-13-34(2,3)4/h5-6,10-11,14-15,19H,7-9,12-13,16,25H2,1-4H3,(H,26,31)(H,27,30)/b6-5+/t19-/m0/s1. The minimum Gasteiger partial charge on any atom is -0.453 e. The number of hydrogen-bond acceptors (Lipinski definition) is 6. The molecule has 2 heterocycles. The van der Waals surface area contributed by atoms with Crippen molar-refractivity contribution in [1.29, 1.82) is 0 Å². The normalized spacial score (nSPS) is 17.4. The molecule has 184 valence electrons. The molecule has 34 heavy (non-hydrogen) atoms. The predicted octanol–water partition coefficient (Wildman–Crippen LogP) is 4.72. The van der Waals surface area contributed by atoms with E-state index in [2.05, 4.69) is 35.0 Å². The maximum absolute atomic E-state index is 12.6. The number of aromatic nitrogens is 2. The number of amides is 2. The first kappa shape index (κ1) is 25.7. The molecule has 0 saturated carbocycles. The Morgan fingerprint density at radius 3 is 2.85 bits per heavy atom. The molecular weight excluding hydrogens is 450 g/mol. The Morgan fingerprint density at radius 2 is 2.12 bits per heavy atom. The molecule has 1 aromatic heterocycles. The molecule has 0 saturated heterocycles.